The van der Waals surface area contributed by atoms with Gasteiger partial charge in [0.15, 0.2) is 0 Å². The highest BCUT2D eigenvalue weighted by Gasteiger charge is 2.45. The lowest BCUT2D eigenvalue weighted by atomic mass is 9.73. The number of likely N-dealkylation sites (tertiary alicyclic amines) is 1. The second-order valence-corrected chi connectivity index (χ2v) is 5.83. The van der Waals surface area contributed by atoms with Gasteiger partial charge in [-0.3, -0.25) is 4.98 Å². The number of hydrogen-bond donors (Lipinski definition) is 0. The average Bonchev–Trinajstić information content (AvgIpc) is 2.46. The molecule has 2 aliphatic heterocycles. The molecule has 3 heterocycles. The number of pyridine rings is 1. The van der Waals surface area contributed by atoms with E-state index >= 15 is 0 Å². The zero-order valence-electron chi connectivity index (χ0n) is 11.5. The first-order valence-electron chi connectivity index (χ1n) is 7.11. The average molecular weight is 262 g/mol. The zero-order chi connectivity index (χ0) is 13.1. The molecule has 0 unspecified atom stereocenters. The number of rotatable bonds is 3. The van der Waals surface area contributed by atoms with E-state index in [1.54, 1.807) is 12.4 Å². The summed E-state index contributed by atoms with van der Waals surface area (Å²) in [5.41, 5.74) is 0.154. The summed E-state index contributed by atoms with van der Waals surface area (Å²) < 4.78 is 12.0. The van der Waals surface area contributed by atoms with E-state index in [0.717, 1.165) is 44.9 Å². The molecular formula is C15H22N2O2. The molecule has 4 nitrogen and oxygen atoms in total. The molecule has 0 spiro atoms. The van der Waals surface area contributed by atoms with Crippen LogP contribution < -0.4 is 4.74 Å². The van der Waals surface area contributed by atoms with Gasteiger partial charge in [0.05, 0.1) is 18.9 Å². The Bertz CT molecular complexity index is 412. The quantitative estimate of drug-likeness (QED) is 0.834. The predicted octanol–water partition coefficient (Wildman–Crippen LogP) is 1.96. The molecule has 0 bridgehead atoms. The first kappa shape index (κ1) is 12.9. The van der Waals surface area contributed by atoms with E-state index in [1.165, 1.54) is 6.42 Å². The molecule has 3 rings (SSSR count). The number of nitrogens with zero attached hydrogens (tertiary/aromatic N) is 2. The minimum Gasteiger partial charge on any atom is -0.491 e. The van der Waals surface area contributed by atoms with Crippen LogP contribution in [0.15, 0.2) is 24.5 Å². The van der Waals surface area contributed by atoms with Crippen molar-refractivity contribution in [2.24, 2.45) is 5.41 Å². The number of ether oxygens (including phenoxy) is 2. The van der Waals surface area contributed by atoms with E-state index in [0.29, 0.717) is 6.10 Å². The van der Waals surface area contributed by atoms with E-state index in [1.807, 2.05) is 12.1 Å². The molecule has 0 radical (unpaired) electrons. The molecule has 2 atom stereocenters. The van der Waals surface area contributed by atoms with Gasteiger partial charge in [-0.1, -0.05) is 0 Å². The Balaban J connectivity index is 1.71. The van der Waals surface area contributed by atoms with Crippen molar-refractivity contribution in [2.75, 3.05) is 33.4 Å². The van der Waals surface area contributed by atoms with Crippen LogP contribution in [0.2, 0.25) is 0 Å². The monoisotopic (exact) mass is 262 g/mol. The molecule has 4 heteroatoms. The first-order valence-corrected chi connectivity index (χ1v) is 7.11. The highest BCUT2D eigenvalue weighted by Crippen LogP contribution is 2.40. The van der Waals surface area contributed by atoms with Crippen molar-refractivity contribution in [1.29, 1.82) is 0 Å². The second kappa shape index (κ2) is 5.47. The van der Waals surface area contributed by atoms with Gasteiger partial charge in [-0.25, -0.2) is 0 Å². The summed E-state index contributed by atoms with van der Waals surface area (Å²) >= 11 is 0. The summed E-state index contributed by atoms with van der Waals surface area (Å²) in [6.45, 7) is 3.83. The Morgan fingerprint density at radius 3 is 3.37 bits per heavy atom. The molecule has 2 fully saturated rings. The van der Waals surface area contributed by atoms with Crippen LogP contribution in [0.3, 0.4) is 0 Å². The van der Waals surface area contributed by atoms with Gasteiger partial charge in [-0.05, 0) is 38.4 Å². The summed E-state index contributed by atoms with van der Waals surface area (Å²) in [5, 5.41) is 0. The predicted molar refractivity (Wildman–Crippen MR) is 73.3 cm³/mol. The third kappa shape index (κ3) is 2.74. The first-order chi connectivity index (χ1) is 9.28. The lowest BCUT2D eigenvalue weighted by Gasteiger charge is -2.49. The van der Waals surface area contributed by atoms with Crippen molar-refractivity contribution < 1.29 is 9.47 Å². The van der Waals surface area contributed by atoms with E-state index < -0.39 is 0 Å². The Morgan fingerprint density at radius 2 is 2.53 bits per heavy atom. The maximum absolute atomic E-state index is 6.00. The molecule has 2 aliphatic rings. The molecule has 19 heavy (non-hydrogen) atoms. The van der Waals surface area contributed by atoms with Crippen LogP contribution in [0.25, 0.3) is 0 Å². The van der Waals surface area contributed by atoms with Crippen molar-refractivity contribution in [2.45, 2.75) is 25.4 Å². The fourth-order valence-electron chi connectivity index (χ4n) is 3.38. The standard InChI is InChI=1S/C15H22N2O2/c1-17-8-5-14-15(11-17,6-3-9-18-14)12-19-13-4-2-7-16-10-13/h2,4,7,10,14H,3,5-6,8-9,11-12H2,1H3/t14-,15+/m0/s1. The van der Waals surface area contributed by atoms with Gasteiger partial charge in [0.25, 0.3) is 0 Å². The molecule has 0 N–H and O–H groups in total. The maximum atomic E-state index is 6.00. The van der Waals surface area contributed by atoms with Crippen molar-refractivity contribution in [3.05, 3.63) is 24.5 Å². The Morgan fingerprint density at radius 1 is 1.58 bits per heavy atom. The summed E-state index contributed by atoms with van der Waals surface area (Å²) in [6.07, 6.45) is 7.36. The lowest BCUT2D eigenvalue weighted by molar-refractivity contribution is -0.136. The van der Waals surface area contributed by atoms with Gasteiger partial charge < -0.3 is 14.4 Å². The van der Waals surface area contributed by atoms with Gasteiger partial charge in [-0.15, -0.1) is 0 Å². The van der Waals surface area contributed by atoms with Crippen LogP contribution in [0.4, 0.5) is 0 Å². The summed E-state index contributed by atoms with van der Waals surface area (Å²) in [6, 6.07) is 3.88. The van der Waals surface area contributed by atoms with Crippen LogP contribution in [-0.2, 0) is 4.74 Å². The van der Waals surface area contributed by atoms with Crippen LogP contribution >= 0.6 is 0 Å². The van der Waals surface area contributed by atoms with Gasteiger partial charge in [0, 0.05) is 31.3 Å². The molecule has 0 aliphatic carbocycles. The lowest BCUT2D eigenvalue weighted by Crippen LogP contribution is -2.56. The van der Waals surface area contributed by atoms with Crippen molar-refractivity contribution in [3.63, 3.8) is 0 Å². The number of aromatic nitrogens is 1. The normalized spacial score (nSPS) is 31.7. The van der Waals surface area contributed by atoms with Crippen molar-refractivity contribution in [3.8, 4) is 5.75 Å². The van der Waals surface area contributed by atoms with Crippen LogP contribution in [0.5, 0.6) is 5.75 Å². The largest absolute Gasteiger partial charge is 0.491 e. The van der Waals surface area contributed by atoms with Gasteiger partial charge in [0.1, 0.15) is 5.75 Å². The highest BCUT2D eigenvalue weighted by atomic mass is 16.5. The van der Waals surface area contributed by atoms with E-state index in [9.17, 15) is 0 Å². The molecule has 2 saturated heterocycles. The summed E-state index contributed by atoms with van der Waals surface area (Å²) in [5.74, 6) is 0.856. The third-order valence-electron chi connectivity index (χ3n) is 4.34. The summed E-state index contributed by atoms with van der Waals surface area (Å²) in [7, 11) is 2.19. The molecule has 0 saturated carbocycles. The van der Waals surface area contributed by atoms with E-state index in [2.05, 4.69) is 16.9 Å². The number of piperidine rings is 1. The highest BCUT2D eigenvalue weighted by molar-refractivity contribution is 5.16. The fourth-order valence-corrected chi connectivity index (χ4v) is 3.38. The fraction of sp³-hybridized carbons (Fsp3) is 0.667. The van der Waals surface area contributed by atoms with Crippen LogP contribution in [0.1, 0.15) is 19.3 Å². The molecular weight excluding hydrogens is 240 g/mol. The Kier molecular flexibility index (Phi) is 3.71. The summed E-state index contributed by atoms with van der Waals surface area (Å²) in [4.78, 5) is 6.50. The minimum atomic E-state index is 0.154. The van der Waals surface area contributed by atoms with E-state index in [4.69, 9.17) is 9.47 Å². The number of hydrogen-bond acceptors (Lipinski definition) is 4. The topological polar surface area (TPSA) is 34.6 Å². The van der Waals surface area contributed by atoms with Gasteiger partial charge in [-0.2, -0.15) is 0 Å². The number of fused-ring (bicyclic) bond motifs is 1. The van der Waals surface area contributed by atoms with Crippen molar-refractivity contribution in [1.82, 2.24) is 9.88 Å². The second-order valence-electron chi connectivity index (χ2n) is 5.83. The van der Waals surface area contributed by atoms with Gasteiger partial charge in [0.2, 0.25) is 0 Å². The zero-order valence-corrected chi connectivity index (χ0v) is 11.5. The smallest absolute Gasteiger partial charge is 0.137 e. The Hall–Kier alpha value is -1.13. The molecule has 104 valence electrons. The van der Waals surface area contributed by atoms with Crippen LogP contribution in [-0.4, -0.2) is 49.3 Å². The third-order valence-corrected chi connectivity index (χ3v) is 4.34. The molecule has 0 amide bonds. The van der Waals surface area contributed by atoms with Crippen molar-refractivity contribution >= 4 is 0 Å². The molecule has 1 aromatic rings. The van der Waals surface area contributed by atoms with Gasteiger partial charge >= 0.3 is 0 Å². The van der Waals surface area contributed by atoms with Crippen LogP contribution in [0, 0.1) is 5.41 Å². The minimum absolute atomic E-state index is 0.154. The molecule has 1 aromatic heterocycles. The van der Waals surface area contributed by atoms with E-state index in [-0.39, 0.29) is 5.41 Å². The maximum Gasteiger partial charge on any atom is 0.137 e. The molecule has 0 aromatic carbocycles. The SMILES string of the molecule is CN1CC[C@@H]2OCCC[C@]2(COc2cccnc2)C1. The Labute approximate surface area is 114 Å².